The van der Waals surface area contributed by atoms with E-state index in [0.29, 0.717) is 5.92 Å². The summed E-state index contributed by atoms with van der Waals surface area (Å²) in [4.78, 5) is 14.9. The average molecular weight is 267 g/mol. The second-order valence-electron chi connectivity index (χ2n) is 4.97. The standard InChI is InChI=1S/C14H21NO2S/c1-3-10(4-2)9-15-7-5-12-11(6-8-18-12)13(15)14(16)17/h6,8,10,13H,3-5,7,9H2,1-2H3,(H,16,17). The summed E-state index contributed by atoms with van der Waals surface area (Å²) in [5.41, 5.74) is 1.02. The molecule has 0 amide bonds. The number of carboxylic acids is 1. The van der Waals surface area contributed by atoms with E-state index in [0.717, 1.165) is 37.9 Å². The molecule has 2 rings (SSSR count). The second-order valence-corrected chi connectivity index (χ2v) is 5.97. The van der Waals surface area contributed by atoms with Crippen LogP contribution < -0.4 is 0 Å². The van der Waals surface area contributed by atoms with Crippen LogP contribution in [0.4, 0.5) is 0 Å². The molecular formula is C14H21NO2S. The Labute approximate surface area is 112 Å². The van der Waals surface area contributed by atoms with Crippen LogP contribution in [0.5, 0.6) is 0 Å². The summed E-state index contributed by atoms with van der Waals surface area (Å²) in [5, 5.41) is 11.5. The Morgan fingerprint density at radius 3 is 2.89 bits per heavy atom. The van der Waals surface area contributed by atoms with E-state index < -0.39 is 12.0 Å². The van der Waals surface area contributed by atoms with E-state index >= 15 is 0 Å². The van der Waals surface area contributed by atoms with Gasteiger partial charge < -0.3 is 5.11 Å². The zero-order chi connectivity index (χ0) is 13.1. The van der Waals surface area contributed by atoms with Crippen LogP contribution in [0.1, 0.15) is 43.2 Å². The number of hydrogen-bond donors (Lipinski definition) is 1. The van der Waals surface area contributed by atoms with E-state index in [-0.39, 0.29) is 0 Å². The number of carbonyl (C=O) groups is 1. The normalized spacial score (nSPS) is 20.1. The molecule has 4 heteroatoms. The van der Waals surface area contributed by atoms with Crippen LogP contribution in [0.3, 0.4) is 0 Å². The van der Waals surface area contributed by atoms with Crippen molar-refractivity contribution in [2.75, 3.05) is 13.1 Å². The first-order valence-corrected chi connectivity index (χ1v) is 7.58. The molecule has 18 heavy (non-hydrogen) atoms. The molecule has 2 heterocycles. The van der Waals surface area contributed by atoms with Crippen LogP contribution in [0.25, 0.3) is 0 Å². The molecule has 1 unspecified atom stereocenters. The van der Waals surface area contributed by atoms with Gasteiger partial charge >= 0.3 is 5.97 Å². The highest BCUT2D eigenvalue weighted by atomic mass is 32.1. The van der Waals surface area contributed by atoms with Gasteiger partial charge in [0.1, 0.15) is 6.04 Å². The number of nitrogens with zero attached hydrogens (tertiary/aromatic N) is 1. The molecular weight excluding hydrogens is 246 g/mol. The van der Waals surface area contributed by atoms with Crippen molar-refractivity contribution >= 4 is 17.3 Å². The SMILES string of the molecule is CCC(CC)CN1CCc2sccc2C1C(=O)O. The van der Waals surface area contributed by atoms with E-state index in [1.807, 2.05) is 11.4 Å². The van der Waals surface area contributed by atoms with Crippen LogP contribution in [0.2, 0.25) is 0 Å². The Morgan fingerprint density at radius 1 is 1.56 bits per heavy atom. The van der Waals surface area contributed by atoms with Gasteiger partial charge in [0.2, 0.25) is 0 Å². The molecule has 1 aromatic rings. The zero-order valence-electron chi connectivity index (χ0n) is 11.1. The van der Waals surface area contributed by atoms with E-state index in [9.17, 15) is 9.90 Å². The quantitative estimate of drug-likeness (QED) is 0.891. The van der Waals surface area contributed by atoms with Gasteiger partial charge in [-0.2, -0.15) is 0 Å². The van der Waals surface area contributed by atoms with Crippen molar-refractivity contribution in [1.82, 2.24) is 4.90 Å². The van der Waals surface area contributed by atoms with Gasteiger partial charge in [-0.3, -0.25) is 9.69 Å². The van der Waals surface area contributed by atoms with Gasteiger partial charge in [-0.15, -0.1) is 11.3 Å². The number of thiophene rings is 1. The highest BCUT2D eigenvalue weighted by molar-refractivity contribution is 7.10. The molecule has 1 aromatic heterocycles. The Hall–Kier alpha value is -0.870. The number of rotatable bonds is 5. The van der Waals surface area contributed by atoms with Crippen molar-refractivity contribution in [2.45, 2.75) is 39.2 Å². The van der Waals surface area contributed by atoms with Crippen LogP contribution >= 0.6 is 11.3 Å². The molecule has 0 saturated heterocycles. The smallest absolute Gasteiger partial charge is 0.325 e. The Balaban J connectivity index is 2.19. The van der Waals surface area contributed by atoms with Gasteiger partial charge in [0.15, 0.2) is 0 Å². The lowest BCUT2D eigenvalue weighted by atomic mass is 9.96. The highest BCUT2D eigenvalue weighted by Gasteiger charge is 2.34. The Kier molecular flexibility index (Phi) is 4.40. The van der Waals surface area contributed by atoms with E-state index in [1.54, 1.807) is 11.3 Å². The maximum Gasteiger partial charge on any atom is 0.325 e. The summed E-state index contributed by atoms with van der Waals surface area (Å²) in [5.74, 6) is -0.104. The minimum Gasteiger partial charge on any atom is -0.480 e. The van der Waals surface area contributed by atoms with Crippen LogP contribution in [0, 0.1) is 5.92 Å². The maximum atomic E-state index is 11.5. The van der Waals surface area contributed by atoms with Crippen LogP contribution in [-0.4, -0.2) is 29.1 Å². The molecule has 0 aliphatic carbocycles. The van der Waals surface area contributed by atoms with Gasteiger partial charge in [0.05, 0.1) is 0 Å². The third kappa shape index (κ3) is 2.59. The van der Waals surface area contributed by atoms with Crippen LogP contribution in [0.15, 0.2) is 11.4 Å². The summed E-state index contributed by atoms with van der Waals surface area (Å²) in [6.07, 6.45) is 3.24. The summed E-state index contributed by atoms with van der Waals surface area (Å²) in [6.45, 7) is 6.15. The first-order chi connectivity index (χ1) is 8.67. The van der Waals surface area contributed by atoms with Crippen molar-refractivity contribution in [3.8, 4) is 0 Å². The molecule has 0 spiro atoms. The molecule has 0 fully saturated rings. The fourth-order valence-electron chi connectivity index (χ4n) is 2.73. The fourth-order valence-corrected chi connectivity index (χ4v) is 3.64. The van der Waals surface area contributed by atoms with Crippen LogP contribution in [-0.2, 0) is 11.2 Å². The summed E-state index contributed by atoms with van der Waals surface area (Å²) in [6, 6.07) is 1.55. The molecule has 0 radical (unpaired) electrons. The summed E-state index contributed by atoms with van der Waals surface area (Å²) >= 11 is 1.69. The van der Waals surface area contributed by atoms with Crippen molar-refractivity contribution in [1.29, 1.82) is 0 Å². The summed E-state index contributed by atoms with van der Waals surface area (Å²) < 4.78 is 0. The lowest BCUT2D eigenvalue weighted by molar-refractivity contribution is -0.144. The molecule has 3 nitrogen and oxygen atoms in total. The number of carboxylic acid groups (broad SMARTS) is 1. The molecule has 0 saturated carbocycles. The van der Waals surface area contributed by atoms with Crippen molar-refractivity contribution in [3.63, 3.8) is 0 Å². The maximum absolute atomic E-state index is 11.5. The first kappa shape index (κ1) is 13.6. The van der Waals surface area contributed by atoms with Gasteiger partial charge in [0, 0.05) is 18.0 Å². The van der Waals surface area contributed by atoms with Gasteiger partial charge in [-0.1, -0.05) is 26.7 Å². The second kappa shape index (κ2) is 5.85. The molecule has 1 atom stereocenters. The average Bonchev–Trinajstić information content (AvgIpc) is 2.82. The van der Waals surface area contributed by atoms with Crippen molar-refractivity contribution in [2.24, 2.45) is 5.92 Å². The fraction of sp³-hybridized carbons (Fsp3) is 0.643. The molecule has 1 N–H and O–H groups in total. The number of hydrogen-bond acceptors (Lipinski definition) is 3. The number of fused-ring (bicyclic) bond motifs is 1. The molecule has 1 aliphatic rings. The minimum atomic E-state index is -0.708. The summed E-state index contributed by atoms with van der Waals surface area (Å²) in [7, 11) is 0. The third-order valence-electron chi connectivity index (χ3n) is 3.95. The first-order valence-electron chi connectivity index (χ1n) is 6.70. The van der Waals surface area contributed by atoms with Crippen molar-refractivity contribution < 1.29 is 9.90 Å². The number of aliphatic carboxylic acids is 1. The largest absolute Gasteiger partial charge is 0.480 e. The Morgan fingerprint density at radius 2 is 2.28 bits per heavy atom. The molecule has 0 bridgehead atoms. The monoisotopic (exact) mass is 267 g/mol. The lowest BCUT2D eigenvalue weighted by Crippen LogP contribution is -2.41. The molecule has 1 aliphatic heterocycles. The van der Waals surface area contributed by atoms with E-state index in [2.05, 4.69) is 18.7 Å². The van der Waals surface area contributed by atoms with Gasteiger partial charge in [0.25, 0.3) is 0 Å². The zero-order valence-corrected chi connectivity index (χ0v) is 11.9. The Bertz CT molecular complexity index is 412. The molecule has 0 aromatic carbocycles. The van der Waals surface area contributed by atoms with E-state index in [4.69, 9.17) is 0 Å². The minimum absolute atomic E-state index is 0.430. The van der Waals surface area contributed by atoms with E-state index in [1.165, 1.54) is 4.88 Å². The van der Waals surface area contributed by atoms with Gasteiger partial charge in [-0.25, -0.2) is 0 Å². The van der Waals surface area contributed by atoms with Crippen molar-refractivity contribution in [3.05, 3.63) is 21.9 Å². The van der Waals surface area contributed by atoms with Gasteiger partial charge in [-0.05, 0) is 29.3 Å². The predicted molar refractivity (Wildman–Crippen MR) is 74.0 cm³/mol. The molecule has 100 valence electrons. The lowest BCUT2D eigenvalue weighted by Gasteiger charge is -2.35. The predicted octanol–water partition coefficient (Wildman–Crippen LogP) is 3.17. The topological polar surface area (TPSA) is 40.5 Å². The highest BCUT2D eigenvalue weighted by Crippen LogP contribution is 2.34. The third-order valence-corrected chi connectivity index (χ3v) is 4.94.